The van der Waals surface area contributed by atoms with Gasteiger partial charge in [0.25, 0.3) is 0 Å². The number of aromatic nitrogens is 2. The van der Waals surface area contributed by atoms with Gasteiger partial charge in [0.05, 0.1) is 11.2 Å². The number of aldehydes is 1. The summed E-state index contributed by atoms with van der Waals surface area (Å²) < 4.78 is 2.44. The number of hydrogen-bond donors (Lipinski definition) is 0. The van der Waals surface area contributed by atoms with Gasteiger partial charge in [0.15, 0.2) is 6.29 Å². The molecule has 0 amide bonds. The molecule has 5 rings (SSSR count). The highest BCUT2D eigenvalue weighted by Gasteiger charge is 2.28. The van der Waals surface area contributed by atoms with E-state index in [2.05, 4.69) is 72.5 Å². The smallest absolute Gasteiger partial charge is 0.168 e. The van der Waals surface area contributed by atoms with Gasteiger partial charge >= 0.3 is 0 Å². The van der Waals surface area contributed by atoms with Gasteiger partial charge in [0, 0.05) is 24.2 Å². The minimum atomic E-state index is 0.468. The number of carbonyl (C=O) groups is 1. The van der Waals surface area contributed by atoms with Crippen LogP contribution >= 0.6 is 0 Å². The van der Waals surface area contributed by atoms with Crippen LogP contribution in [0.1, 0.15) is 39.8 Å². The maximum Gasteiger partial charge on any atom is 0.168 e. The van der Waals surface area contributed by atoms with Crippen LogP contribution in [0.3, 0.4) is 0 Å². The van der Waals surface area contributed by atoms with E-state index in [1.54, 1.807) is 6.07 Å². The first-order valence-corrected chi connectivity index (χ1v) is 11.0. The molecule has 4 nitrogen and oxygen atoms in total. The first-order chi connectivity index (χ1) is 15.0. The third-order valence-electron chi connectivity index (χ3n) is 6.57. The average molecular weight is 410 g/mol. The summed E-state index contributed by atoms with van der Waals surface area (Å²) >= 11 is 0. The molecule has 0 aliphatic carbocycles. The van der Waals surface area contributed by atoms with Gasteiger partial charge in [0.1, 0.15) is 11.5 Å². The first-order valence-electron chi connectivity index (χ1n) is 11.0. The van der Waals surface area contributed by atoms with Crippen LogP contribution in [-0.2, 0) is 13.0 Å². The lowest BCUT2D eigenvalue weighted by Gasteiger charge is -2.33. The quantitative estimate of drug-likeness (QED) is 0.379. The maximum absolute atomic E-state index is 11.3. The zero-order valence-corrected chi connectivity index (χ0v) is 18.6. The Morgan fingerprint density at radius 2 is 1.81 bits per heavy atom. The molecule has 0 saturated carbocycles. The molecule has 0 spiro atoms. The Morgan fingerprint density at radius 3 is 2.52 bits per heavy atom. The van der Waals surface area contributed by atoms with Crippen LogP contribution < -0.4 is 4.90 Å². The van der Waals surface area contributed by atoms with Gasteiger partial charge in [-0.2, -0.15) is 0 Å². The monoisotopic (exact) mass is 409 g/mol. The Labute approximate surface area is 183 Å². The van der Waals surface area contributed by atoms with Crippen molar-refractivity contribution in [2.45, 2.75) is 40.7 Å². The number of pyridine rings is 1. The van der Waals surface area contributed by atoms with Crippen LogP contribution in [-0.4, -0.2) is 22.4 Å². The lowest BCUT2D eigenvalue weighted by atomic mass is 9.88. The minimum Gasteiger partial charge on any atom is -0.341 e. The Morgan fingerprint density at radius 1 is 1.03 bits per heavy atom. The molecule has 0 atom stereocenters. The fraction of sp³-hybridized carbons (Fsp3) is 0.259. The lowest BCUT2D eigenvalue weighted by Crippen LogP contribution is -2.29. The molecule has 4 heteroatoms. The van der Waals surface area contributed by atoms with Crippen LogP contribution in [0.15, 0.2) is 48.5 Å². The van der Waals surface area contributed by atoms with E-state index in [1.165, 1.54) is 50.1 Å². The lowest BCUT2D eigenvalue weighted by molar-refractivity contribution is 0.111. The van der Waals surface area contributed by atoms with Gasteiger partial charge in [-0.05, 0) is 67.6 Å². The van der Waals surface area contributed by atoms with E-state index in [0.717, 1.165) is 31.6 Å². The largest absolute Gasteiger partial charge is 0.341 e. The second-order valence-corrected chi connectivity index (χ2v) is 8.44. The van der Waals surface area contributed by atoms with Gasteiger partial charge < -0.3 is 9.47 Å². The van der Waals surface area contributed by atoms with Crippen LogP contribution in [0, 0.1) is 20.8 Å². The molecule has 156 valence electrons. The average Bonchev–Trinajstić information content (AvgIpc) is 3.13. The summed E-state index contributed by atoms with van der Waals surface area (Å²) in [5, 5.41) is 1.30. The number of nitrogens with zero attached hydrogens (tertiary/aromatic N) is 3. The third kappa shape index (κ3) is 2.97. The van der Waals surface area contributed by atoms with Crippen LogP contribution in [0.2, 0.25) is 0 Å². The molecule has 0 unspecified atom stereocenters. The molecule has 0 bridgehead atoms. The summed E-state index contributed by atoms with van der Waals surface area (Å²) in [5.41, 5.74) is 10.8. The van der Waals surface area contributed by atoms with Crippen LogP contribution in [0.4, 0.5) is 11.5 Å². The van der Waals surface area contributed by atoms with Crippen LogP contribution in [0.5, 0.6) is 0 Å². The third-order valence-corrected chi connectivity index (χ3v) is 6.57. The van der Waals surface area contributed by atoms with Crippen molar-refractivity contribution in [3.8, 4) is 11.1 Å². The maximum atomic E-state index is 11.3. The summed E-state index contributed by atoms with van der Waals surface area (Å²) in [5.74, 6) is 0.837. The molecule has 0 radical (unpaired) electrons. The molecular formula is C27H27N3O. The minimum absolute atomic E-state index is 0.468. The van der Waals surface area contributed by atoms with Crippen molar-refractivity contribution in [3.63, 3.8) is 0 Å². The topological polar surface area (TPSA) is 38.1 Å². The Hall–Kier alpha value is -3.40. The molecule has 3 heterocycles. The standard InChI is InChI=1S/C27H27N3O/c1-5-22-19(4)26-27-23(25(22)20-11-9-17(2)10-12-20)15-18(3)29(27)13-14-30(26)24-8-6-7-21(16-31)28-24/h6-12,15-16H,5,13-14H2,1-4H3. The highest BCUT2D eigenvalue weighted by atomic mass is 16.1. The van der Waals surface area contributed by atoms with E-state index in [1.807, 2.05) is 12.1 Å². The van der Waals surface area contributed by atoms with Gasteiger partial charge in [-0.25, -0.2) is 4.98 Å². The molecule has 0 saturated heterocycles. The molecule has 1 aliphatic rings. The number of anilines is 2. The van der Waals surface area contributed by atoms with E-state index in [9.17, 15) is 4.79 Å². The SMILES string of the molecule is CCc1c(C)c2c3c(cc(C)n3CCN2c2cccc(C=O)n2)c1-c1ccc(C)cc1. The van der Waals surface area contributed by atoms with Gasteiger partial charge in [-0.15, -0.1) is 0 Å². The van der Waals surface area contributed by atoms with E-state index < -0.39 is 0 Å². The van der Waals surface area contributed by atoms with Crippen LogP contribution in [0.25, 0.3) is 22.0 Å². The Bertz CT molecular complexity index is 1320. The molecular weight excluding hydrogens is 382 g/mol. The van der Waals surface area contributed by atoms with E-state index in [-0.39, 0.29) is 0 Å². The molecule has 2 aromatic carbocycles. The number of carbonyl (C=O) groups excluding carboxylic acids is 1. The van der Waals surface area contributed by atoms with Crippen molar-refractivity contribution < 1.29 is 4.79 Å². The second-order valence-electron chi connectivity index (χ2n) is 8.44. The van der Waals surface area contributed by atoms with Crippen molar-refractivity contribution >= 4 is 28.7 Å². The second kappa shape index (κ2) is 7.38. The number of hydrogen-bond acceptors (Lipinski definition) is 3. The fourth-order valence-corrected chi connectivity index (χ4v) is 5.10. The van der Waals surface area contributed by atoms with E-state index in [4.69, 9.17) is 0 Å². The summed E-state index contributed by atoms with van der Waals surface area (Å²) in [4.78, 5) is 18.3. The summed E-state index contributed by atoms with van der Waals surface area (Å²) in [6.45, 7) is 10.5. The fourth-order valence-electron chi connectivity index (χ4n) is 5.10. The van der Waals surface area contributed by atoms with Crippen molar-refractivity contribution in [2.75, 3.05) is 11.4 Å². The van der Waals surface area contributed by atoms with Crippen molar-refractivity contribution in [1.82, 2.24) is 9.55 Å². The highest BCUT2D eigenvalue weighted by Crippen LogP contribution is 2.46. The zero-order chi connectivity index (χ0) is 21.7. The predicted octanol–water partition coefficient (Wildman–Crippen LogP) is 6.16. The number of benzene rings is 2. The molecule has 31 heavy (non-hydrogen) atoms. The highest BCUT2D eigenvalue weighted by molar-refractivity contribution is 6.07. The number of rotatable bonds is 4. The molecule has 2 aromatic heterocycles. The van der Waals surface area contributed by atoms with Gasteiger partial charge in [-0.1, -0.05) is 42.8 Å². The van der Waals surface area contributed by atoms with E-state index >= 15 is 0 Å². The molecule has 0 N–H and O–H groups in total. The Kier molecular flexibility index (Phi) is 4.66. The van der Waals surface area contributed by atoms with Gasteiger partial charge in [0.2, 0.25) is 0 Å². The van der Waals surface area contributed by atoms with Gasteiger partial charge in [-0.3, -0.25) is 4.79 Å². The summed E-state index contributed by atoms with van der Waals surface area (Å²) in [7, 11) is 0. The summed E-state index contributed by atoms with van der Waals surface area (Å²) in [6, 6.07) is 16.9. The summed E-state index contributed by atoms with van der Waals surface area (Å²) in [6.07, 6.45) is 1.78. The van der Waals surface area contributed by atoms with E-state index in [0.29, 0.717) is 5.69 Å². The molecule has 4 aromatic rings. The molecule has 1 aliphatic heterocycles. The normalized spacial score (nSPS) is 13.1. The predicted molar refractivity (Wildman–Crippen MR) is 128 cm³/mol. The van der Waals surface area contributed by atoms with Crippen molar-refractivity contribution in [3.05, 3.63) is 76.6 Å². The first kappa shape index (κ1) is 19.6. The Balaban J connectivity index is 1.84. The van der Waals surface area contributed by atoms with Crippen molar-refractivity contribution in [2.24, 2.45) is 0 Å². The molecule has 0 fully saturated rings. The number of aryl methyl sites for hydroxylation is 2. The van der Waals surface area contributed by atoms with Crippen molar-refractivity contribution in [1.29, 1.82) is 0 Å². The zero-order valence-electron chi connectivity index (χ0n) is 18.6.